The number of quaternary nitrogens is 1. The van der Waals surface area contributed by atoms with Crippen LogP contribution >= 0.6 is 25.0 Å². The summed E-state index contributed by atoms with van der Waals surface area (Å²) >= 11 is 4.12. The van der Waals surface area contributed by atoms with Crippen LogP contribution in [0.5, 0.6) is 0 Å². The molecule has 2 atom stereocenters. The highest BCUT2D eigenvalue weighted by Crippen LogP contribution is 2.26. The zero-order valence-corrected chi connectivity index (χ0v) is 11.5. The molecular formula is C9H18ClNO4S. The van der Waals surface area contributed by atoms with Crippen LogP contribution in [0.2, 0.25) is 0 Å². The number of thiol groups is 1. The summed E-state index contributed by atoms with van der Waals surface area (Å²) in [5.74, 6) is -2.10. The number of Topliss-reactive ketones (excluding diaryl/α,β-unsaturated/α-hetero) is 1. The second-order valence-corrected chi connectivity index (χ2v) is 5.01. The smallest absolute Gasteiger partial charge is 0.189 e. The fraction of sp³-hybridized carbons (Fsp3) is 0.778. The van der Waals surface area contributed by atoms with Gasteiger partial charge in [0.2, 0.25) is 0 Å². The fourth-order valence-electron chi connectivity index (χ4n) is 1.26. The highest BCUT2D eigenvalue weighted by atomic mass is 35.5. The van der Waals surface area contributed by atoms with E-state index in [0.29, 0.717) is 0 Å². The third kappa shape index (κ3) is 4.29. The van der Waals surface area contributed by atoms with Crippen molar-refractivity contribution in [3.8, 4) is 0 Å². The third-order valence-corrected chi connectivity index (χ3v) is 3.30. The number of nitrogens with zero attached hydrogens (tertiary/aromatic N) is 1. The van der Waals surface area contributed by atoms with Crippen molar-refractivity contribution in [3.05, 3.63) is 0 Å². The number of carboxylic acids is 1. The van der Waals surface area contributed by atoms with Gasteiger partial charge in [-0.3, -0.25) is 4.79 Å². The summed E-state index contributed by atoms with van der Waals surface area (Å²) in [4.78, 5) is 21.8. The van der Waals surface area contributed by atoms with Crippen LogP contribution in [0.1, 0.15) is 13.3 Å². The Hall–Kier alpha value is -0.300. The molecule has 7 heteroatoms. The van der Waals surface area contributed by atoms with E-state index in [1.807, 2.05) is 0 Å². The number of carbonyl (C=O) groups is 2. The molecule has 5 nitrogen and oxygen atoms in total. The molecule has 0 aliphatic carbocycles. The SMILES string of the molecule is CC(=O)C(O)(CC(=O)[O-])C(S)[N+](C)(C)C.Cl. The zero-order valence-electron chi connectivity index (χ0n) is 9.76. The Morgan fingerprint density at radius 3 is 2.00 bits per heavy atom. The Balaban J connectivity index is 0. The number of carbonyl (C=O) groups excluding carboxylic acids is 2. The lowest BCUT2D eigenvalue weighted by Gasteiger charge is -2.40. The van der Waals surface area contributed by atoms with Gasteiger partial charge in [0.05, 0.1) is 21.1 Å². The van der Waals surface area contributed by atoms with Crippen molar-refractivity contribution in [1.82, 2.24) is 0 Å². The fourth-order valence-corrected chi connectivity index (χ4v) is 1.53. The summed E-state index contributed by atoms with van der Waals surface area (Å²) in [5, 5.41) is 19.7. The third-order valence-electron chi connectivity index (χ3n) is 2.18. The second-order valence-electron chi connectivity index (χ2n) is 4.52. The topological polar surface area (TPSA) is 77.4 Å². The van der Waals surface area contributed by atoms with Crippen molar-refractivity contribution >= 4 is 36.8 Å². The number of carboxylic acid groups (broad SMARTS) is 1. The number of likely N-dealkylation sites (N-methyl/N-ethyl adjacent to an activating group) is 1. The van der Waals surface area contributed by atoms with Crippen molar-refractivity contribution in [3.63, 3.8) is 0 Å². The first-order valence-corrected chi connectivity index (χ1v) is 4.96. The summed E-state index contributed by atoms with van der Waals surface area (Å²) < 4.78 is 0.159. The minimum atomic E-state index is -2.00. The predicted octanol–water partition coefficient (Wildman–Crippen LogP) is -1.17. The standard InChI is InChI=1S/C9H17NO4S.ClH/c1-6(11)9(14,5-7(12)13)8(15)10(2,3)4;/h8,14H,5H2,1-4H3,(H-,12,13,15);1H. The Bertz CT molecular complexity index is 279. The van der Waals surface area contributed by atoms with Crippen molar-refractivity contribution in [2.45, 2.75) is 24.3 Å². The summed E-state index contributed by atoms with van der Waals surface area (Å²) in [5.41, 5.74) is -2.00. The Labute approximate surface area is 107 Å². The van der Waals surface area contributed by atoms with Gasteiger partial charge in [0.15, 0.2) is 16.8 Å². The number of halogens is 1. The van der Waals surface area contributed by atoms with Gasteiger partial charge in [-0.1, -0.05) is 0 Å². The van der Waals surface area contributed by atoms with E-state index in [4.69, 9.17) is 0 Å². The Morgan fingerprint density at radius 2 is 1.81 bits per heavy atom. The minimum Gasteiger partial charge on any atom is -0.550 e. The Kier molecular flexibility index (Phi) is 6.62. The van der Waals surface area contributed by atoms with E-state index < -0.39 is 29.1 Å². The quantitative estimate of drug-likeness (QED) is 0.375. The molecule has 0 saturated carbocycles. The predicted molar refractivity (Wildman–Crippen MR) is 63.3 cm³/mol. The average Bonchev–Trinajstić information content (AvgIpc) is 1.99. The van der Waals surface area contributed by atoms with Gasteiger partial charge >= 0.3 is 0 Å². The molecule has 0 aromatic carbocycles. The van der Waals surface area contributed by atoms with E-state index in [2.05, 4.69) is 12.6 Å². The average molecular weight is 272 g/mol. The number of ketones is 1. The van der Waals surface area contributed by atoms with Crippen LogP contribution in [-0.4, -0.2) is 53.5 Å². The minimum absolute atomic E-state index is 0. The molecular weight excluding hydrogens is 254 g/mol. The maximum absolute atomic E-state index is 11.3. The van der Waals surface area contributed by atoms with Crippen molar-refractivity contribution in [2.75, 3.05) is 21.1 Å². The largest absolute Gasteiger partial charge is 0.550 e. The maximum atomic E-state index is 11.3. The van der Waals surface area contributed by atoms with Gasteiger partial charge in [-0.2, -0.15) is 0 Å². The molecule has 96 valence electrons. The van der Waals surface area contributed by atoms with Gasteiger partial charge in [-0.05, 0) is 6.92 Å². The number of hydrogen-bond donors (Lipinski definition) is 2. The molecule has 16 heavy (non-hydrogen) atoms. The van der Waals surface area contributed by atoms with E-state index in [1.54, 1.807) is 21.1 Å². The van der Waals surface area contributed by atoms with Crippen LogP contribution in [0.25, 0.3) is 0 Å². The molecule has 0 heterocycles. The molecule has 0 rings (SSSR count). The van der Waals surface area contributed by atoms with Crippen LogP contribution in [0, 0.1) is 0 Å². The monoisotopic (exact) mass is 271 g/mol. The van der Waals surface area contributed by atoms with Gasteiger partial charge in [0, 0.05) is 12.4 Å². The van der Waals surface area contributed by atoms with E-state index >= 15 is 0 Å². The van der Waals surface area contributed by atoms with Gasteiger partial charge in [0.1, 0.15) is 0 Å². The van der Waals surface area contributed by atoms with E-state index in [0.717, 1.165) is 6.92 Å². The van der Waals surface area contributed by atoms with Gasteiger partial charge in [-0.15, -0.1) is 25.0 Å². The van der Waals surface area contributed by atoms with Crippen LogP contribution in [0.4, 0.5) is 0 Å². The molecule has 2 unspecified atom stereocenters. The van der Waals surface area contributed by atoms with Gasteiger partial charge in [0.25, 0.3) is 0 Å². The Morgan fingerprint density at radius 1 is 1.44 bits per heavy atom. The normalized spacial score (nSPS) is 16.9. The highest BCUT2D eigenvalue weighted by Gasteiger charge is 2.47. The highest BCUT2D eigenvalue weighted by molar-refractivity contribution is 7.80. The molecule has 0 bridgehead atoms. The first-order chi connectivity index (χ1) is 6.51. The van der Waals surface area contributed by atoms with Crippen molar-refractivity contribution in [1.29, 1.82) is 0 Å². The van der Waals surface area contributed by atoms with E-state index in [9.17, 15) is 19.8 Å². The van der Waals surface area contributed by atoms with Crippen molar-refractivity contribution < 1.29 is 24.3 Å². The lowest BCUT2D eigenvalue weighted by Crippen LogP contribution is -2.60. The van der Waals surface area contributed by atoms with Crippen LogP contribution in [0.15, 0.2) is 0 Å². The summed E-state index contributed by atoms with van der Waals surface area (Å²) in [6, 6.07) is 0. The molecule has 0 fully saturated rings. The second kappa shape index (κ2) is 5.86. The van der Waals surface area contributed by atoms with E-state index in [-0.39, 0.29) is 16.9 Å². The molecule has 0 aromatic rings. The number of rotatable bonds is 5. The molecule has 0 radical (unpaired) electrons. The molecule has 0 spiro atoms. The van der Waals surface area contributed by atoms with Gasteiger partial charge in [-0.25, -0.2) is 0 Å². The summed E-state index contributed by atoms with van der Waals surface area (Å²) in [6.07, 6.45) is -0.744. The number of hydrogen-bond acceptors (Lipinski definition) is 5. The van der Waals surface area contributed by atoms with Crippen molar-refractivity contribution in [2.24, 2.45) is 0 Å². The first kappa shape index (κ1) is 18.1. The first-order valence-electron chi connectivity index (χ1n) is 4.44. The maximum Gasteiger partial charge on any atom is 0.189 e. The molecule has 0 aliphatic heterocycles. The number of aliphatic hydroxyl groups is 1. The molecule has 0 amide bonds. The van der Waals surface area contributed by atoms with Crippen LogP contribution in [-0.2, 0) is 9.59 Å². The molecule has 0 aliphatic rings. The van der Waals surface area contributed by atoms with Gasteiger partial charge < -0.3 is 19.5 Å². The van der Waals surface area contributed by atoms with Crippen LogP contribution in [0.3, 0.4) is 0 Å². The summed E-state index contributed by atoms with van der Waals surface area (Å²) in [7, 11) is 5.13. The number of aliphatic carboxylic acids is 1. The van der Waals surface area contributed by atoms with E-state index in [1.165, 1.54) is 0 Å². The van der Waals surface area contributed by atoms with Crippen LogP contribution < -0.4 is 5.11 Å². The molecule has 0 aromatic heterocycles. The zero-order chi connectivity index (χ0) is 12.4. The lowest BCUT2D eigenvalue weighted by molar-refractivity contribution is -0.886. The lowest BCUT2D eigenvalue weighted by atomic mass is 9.93. The molecule has 1 N–H and O–H groups in total. The summed E-state index contributed by atoms with van der Waals surface area (Å²) in [6.45, 7) is 1.14. The molecule has 0 saturated heterocycles.